The minimum atomic E-state index is -0.696. The smallest absolute Gasteiger partial charge is 0.169 e. The van der Waals surface area contributed by atoms with Gasteiger partial charge in [0.05, 0.1) is 13.2 Å². The highest BCUT2D eigenvalue weighted by molar-refractivity contribution is 5.98. The van der Waals surface area contributed by atoms with Crippen molar-refractivity contribution in [3.05, 3.63) is 64.8 Å². The van der Waals surface area contributed by atoms with Gasteiger partial charge in [-0.3, -0.25) is 4.79 Å². The van der Waals surface area contributed by atoms with Gasteiger partial charge in [0.2, 0.25) is 0 Å². The van der Waals surface area contributed by atoms with Crippen LogP contribution in [0.25, 0.3) is 5.57 Å². The first-order valence-corrected chi connectivity index (χ1v) is 9.96. The molecule has 1 aromatic rings. The van der Waals surface area contributed by atoms with Crippen LogP contribution in [-0.4, -0.2) is 42.6 Å². The summed E-state index contributed by atoms with van der Waals surface area (Å²) in [5, 5.41) is 9.93. The number of benzene rings is 1. The Morgan fingerprint density at radius 2 is 2.14 bits per heavy atom. The zero-order valence-electron chi connectivity index (χ0n) is 16.4. The summed E-state index contributed by atoms with van der Waals surface area (Å²) in [6.07, 6.45) is 5.22. The molecule has 1 aliphatic heterocycles. The SMILES string of the molecule is CCOCCOC1C=C2C(=CN(C3CC3)C(C#N)=C2c2cccc(F)c2)CC1=O. The normalized spacial score (nSPS) is 21.5. The fourth-order valence-electron chi connectivity index (χ4n) is 3.79. The van der Waals surface area contributed by atoms with Crippen LogP contribution in [0.5, 0.6) is 0 Å². The van der Waals surface area contributed by atoms with Crippen LogP contribution in [0.15, 0.2) is 53.4 Å². The summed E-state index contributed by atoms with van der Waals surface area (Å²) in [6, 6.07) is 8.82. The number of ether oxygens (including phenoxy) is 2. The lowest BCUT2D eigenvalue weighted by molar-refractivity contribution is -0.128. The molecule has 0 aromatic heterocycles. The molecule has 1 aromatic carbocycles. The lowest BCUT2D eigenvalue weighted by atomic mass is 9.81. The van der Waals surface area contributed by atoms with Crippen molar-refractivity contribution in [3.63, 3.8) is 0 Å². The largest absolute Gasteiger partial charge is 0.379 e. The average molecular weight is 394 g/mol. The minimum Gasteiger partial charge on any atom is -0.379 e. The van der Waals surface area contributed by atoms with Gasteiger partial charge in [-0.15, -0.1) is 0 Å². The third-order valence-electron chi connectivity index (χ3n) is 5.29. The Balaban J connectivity index is 1.75. The standard InChI is InChI=1S/C23H23FN2O3/c1-2-28-8-9-29-22-12-19-16(11-21(22)27)14-26(18-6-7-18)20(13-25)23(19)15-4-3-5-17(24)10-15/h3-5,10,12,14,18,22H,2,6-9,11H2,1H3. The van der Waals surface area contributed by atoms with E-state index in [4.69, 9.17) is 9.47 Å². The van der Waals surface area contributed by atoms with Gasteiger partial charge in [0.1, 0.15) is 23.7 Å². The Morgan fingerprint density at radius 1 is 1.31 bits per heavy atom. The molecule has 6 heteroatoms. The van der Waals surface area contributed by atoms with E-state index in [1.165, 1.54) is 12.1 Å². The van der Waals surface area contributed by atoms with Gasteiger partial charge in [-0.05, 0) is 54.7 Å². The van der Waals surface area contributed by atoms with Gasteiger partial charge >= 0.3 is 0 Å². The molecule has 0 spiro atoms. The van der Waals surface area contributed by atoms with E-state index in [0.29, 0.717) is 36.7 Å². The Bertz CT molecular complexity index is 953. The summed E-state index contributed by atoms with van der Waals surface area (Å²) >= 11 is 0. The summed E-state index contributed by atoms with van der Waals surface area (Å²) in [7, 11) is 0. The zero-order chi connectivity index (χ0) is 20.4. The molecule has 0 bridgehead atoms. The number of rotatable bonds is 7. The molecule has 0 saturated heterocycles. The fraction of sp³-hybridized carbons (Fsp3) is 0.391. The molecule has 5 nitrogen and oxygen atoms in total. The van der Waals surface area contributed by atoms with Crippen molar-refractivity contribution in [2.75, 3.05) is 19.8 Å². The molecule has 1 fully saturated rings. The molecule has 3 aliphatic rings. The molecular weight excluding hydrogens is 371 g/mol. The van der Waals surface area contributed by atoms with E-state index < -0.39 is 6.10 Å². The molecule has 1 heterocycles. The maximum atomic E-state index is 14.0. The van der Waals surface area contributed by atoms with E-state index in [0.717, 1.165) is 24.0 Å². The van der Waals surface area contributed by atoms with E-state index >= 15 is 0 Å². The van der Waals surface area contributed by atoms with Gasteiger partial charge in [0.25, 0.3) is 0 Å². The van der Waals surface area contributed by atoms with Crippen LogP contribution in [0, 0.1) is 17.1 Å². The number of hydrogen-bond donors (Lipinski definition) is 0. The van der Waals surface area contributed by atoms with Crippen LogP contribution in [0.3, 0.4) is 0 Å². The van der Waals surface area contributed by atoms with Gasteiger partial charge in [-0.2, -0.15) is 5.26 Å². The Hall–Kier alpha value is -2.75. The number of fused-ring (bicyclic) bond motifs is 1. The quantitative estimate of drug-likeness (QED) is 0.659. The van der Waals surface area contributed by atoms with Crippen LogP contribution in [0.4, 0.5) is 4.39 Å². The molecule has 1 unspecified atom stereocenters. The zero-order valence-corrected chi connectivity index (χ0v) is 16.4. The first kappa shape index (κ1) is 19.6. The average Bonchev–Trinajstić information content (AvgIpc) is 3.55. The number of carbonyl (C=O) groups excluding carboxylic acids is 1. The van der Waals surface area contributed by atoms with Crippen molar-refractivity contribution in [1.82, 2.24) is 4.90 Å². The van der Waals surface area contributed by atoms with Gasteiger partial charge in [0, 0.05) is 30.8 Å². The summed E-state index contributed by atoms with van der Waals surface area (Å²) in [6.45, 7) is 3.21. The number of hydrogen-bond acceptors (Lipinski definition) is 5. The molecule has 1 atom stereocenters. The van der Waals surface area contributed by atoms with Crippen LogP contribution in [0.2, 0.25) is 0 Å². The molecular formula is C23H23FN2O3. The van der Waals surface area contributed by atoms with Crippen molar-refractivity contribution < 1.29 is 18.7 Å². The maximum Gasteiger partial charge on any atom is 0.169 e. The molecule has 0 amide bonds. The summed E-state index contributed by atoms with van der Waals surface area (Å²) in [4.78, 5) is 14.6. The number of carbonyl (C=O) groups is 1. The summed E-state index contributed by atoms with van der Waals surface area (Å²) in [5.74, 6) is -0.385. The first-order chi connectivity index (χ1) is 14.1. The van der Waals surface area contributed by atoms with Gasteiger partial charge < -0.3 is 14.4 Å². The third kappa shape index (κ3) is 4.02. The van der Waals surface area contributed by atoms with E-state index in [-0.39, 0.29) is 24.1 Å². The molecule has 29 heavy (non-hydrogen) atoms. The highest BCUT2D eigenvalue weighted by Gasteiger charge is 2.38. The lowest BCUT2D eigenvalue weighted by Crippen LogP contribution is -2.32. The second-order valence-corrected chi connectivity index (χ2v) is 7.35. The third-order valence-corrected chi connectivity index (χ3v) is 5.29. The highest BCUT2D eigenvalue weighted by Crippen LogP contribution is 2.44. The first-order valence-electron chi connectivity index (χ1n) is 9.96. The molecule has 2 aliphatic carbocycles. The van der Waals surface area contributed by atoms with Gasteiger partial charge in [0.15, 0.2) is 5.78 Å². The second-order valence-electron chi connectivity index (χ2n) is 7.35. The lowest BCUT2D eigenvalue weighted by Gasteiger charge is -2.33. The molecule has 0 radical (unpaired) electrons. The van der Waals surface area contributed by atoms with Crippen molar-refractivity contribution in [2.45, 2.75) is 38.3 Å². The van der Waals surface area contributed by atoms with E-state index in [9.17, 15) is 14.4 Å². The minimum absolute atomic E-state index is 0.0220. The van der Waals surface area contributed by atoms with Crippen molar-refractivity contribution in [3.8, 4) is 6.07 Å². The number of halogens is 1. The fourth-order valence-corrected chi connectivity index (χ4v) is 3.79. The van der Waals surface area contributed by atoms with Crippen LogP contribution < -0.4 is 0 Å². The van der Waals surface area contributed by atoms with E-state index in [1.54, 1.807) is 18.2 Å². The van der Waals surface area contributed by atoms with Crippen LogP contribution >= 0.6 is 0 Å². The van der Waals surface area contributed by atoms with Crippen molar-refractivity contribution >= 4 is 11.4 Å². The van der Waals surface area contributed by atoms with Gasteiger partial charge in [-0.25, -0.2) is 4.39 Å². The predicted molar refractivity (Wildman–Crippen MR) is 106 cm³/mol. The predicted octanol–water partition coefficient (Wildman–Crippen LogP) is 3.74. The highest BCUT2D eigenvalue weighted by atomic mass is 19.1. The summed E-state index contributed by atoms with van der Waals surface area (Å²) in [5.41, 5.74) is 3.43. The molecule has 150 valence electrons. The topological polar surface area (TPSA) is 62.6 Å². The number of nitriles is 1. The van der Waals surface area contributed by atoms with Crippen LogP contribution in [-0.2, 0) is 14.3 Å². The molecule has 0 N–H and O–H groups in total. The van der Waals surface area contributed by atoms with Gasteiger partial charge in [-0.1, -0.05) is 12.1 Å². The number of allylic oxidation sites excluding steroid dienone is 4. The molecule has 1 saturated carbocycles. The Labute approximate surface area is 169 Å². The van der Waals surface area contributed by atoms with Crippen molar-refractivity contribution in [1.29, 1.82) is 5.26 Å². The molecule has 4 rings (SSSR count). The summed E-state index contributed by atoms with van der Waals surface area (Å²) < 4.78 is 25.0. The number of ketones is 1. The van der Waals surface area contributed by atoms with E-state index in [2.05, 4.69) is 6.07 Å². The second kappa shape index (κ2) is 8.32. The maximum absolute atomic E-state index is 14.0. The Morgan fingerprint density at radius 3 is 2.83 bits per heavy atom. The van der Waals surface area contributed by atoms with Crippen LogP contribution in [0.1, 0.15) is 31.7 Å². The number of nitrogens with zero attached hydrogens (tertiary/aromatic N) is 2. The van der Waals surface area contributed by atoms with Crippen molar-refractivity contribution in [2.24, 2.45) is 0 Å². The Kier molecular flexibility index (Phi) is 5.61. The monoisotopic (exact) mass is 394 g/mol. The van der Waals surface area contributed by atoms with E-state index in [1.807, 2.05) is 18.0 Å². The number of Topliss-reactive ketones (excluding diaryl/α,β-unsaturated/α-hetero) is 1.